The van der Waals surface area contributed by atoms with E-state index in [1.165, 1.54) is 12.7 Å². The van der Waals surface area contributed by atoms with Crippen molar-refractivity contribution in [2.45, 2.75) is 32.0 Å². The molecule has 1 amide bonds. The first-order chi connectivity index (χ1) is 18.1. The maximum absolute atomic E-state index is 12.6. The van der Waals surface area contributed by atoms with E-state index in [0.717, 1.165) is 54.6 Å². The molecule has 1 unspecified atom stereocenters. The zero-order chi connectivity index (χ0) is 25.6. The Morgan fingerprint density at radius 2 is 1.89 bits per heavy atom. The van der Waals surface area contributed by atoms with Crippen LogP contribution in [0.25, 0.3) is 10.9 Å². The van der Waals surface area contributed by atoms with E-state index >= 15 is 0 Å². The molecule has 190 valence electrons. The molecule has 4 aromatic rings. The van der Waals surface area contributed by atoms with Gasteiger partial charge in [-0.25, -0.2) is 4.79 Å². The third-order valence-corrected chi connectivity index (χ3v) is 6.71. The number of aromatic nitrogens is 2. The fourth-order valence-corrected chi connectivity index (χ4v) is 4.87. The highest BCUT2D eigenvalue weighted by atomic mass is 16.5. The number of methoxy groups -OCH3 is 1. The van der Waals surface area contributed by atoms with Gasteiger partial charge in [0.2, 0.25) is 0 Å². The van der Waals surface area contributed by atoms with Crippen molar-refractivity contribution in [1.82, 2.24) is 20.4 Å². The Morgan fingerprint density at radius 1 is 1.05 bits per heavy atom. The van der Waals surface area contributed by atoms with Crippen LogP contribution in [0.1, 0.15) is 44.7 Å². The zero-order valence-electron chi connectivity index (χ0n) is 20.9. The minimum atomic E-state index is -0.462. The number of fused-ring (bicyclic) bond motifs is 1. The molecule has 0 aliphatic carbocycles. The third kappa shape index (κ3) is 6.16. The summed E-state index contributed by atoms with van der Waals surface area (Å²) in [5.74, 6) is -0.689. The van der Waals surface area contributed by atoms with E-state index in [1.807, 2.05) is 18.3 Å². The summed E-state index contributed by atoms with van der Waals surface area (Å²) in [6, 6.07) is 21.6. The van der Waals surface area contributed by atoms with Gasteiger partial charge in [0.25, 0.3) is 5.91 Å². The molecule has 1 saturated heterocycles. The van der Waals surface area contributed by atoms with E-state index in [4.69, 9.17) is 4.74 Å². The molecule has 37 heavy (non-hydrogen) atoms. The fourth-order valence-electron chi connectivity index (χ4n) is 4.87. The van der Waals surface area contributed by atoms with Gasteiger partial charge in [-0.2, -0.15) is 5.10 Å². The lowest BCUT2D eigenvalue weighted by molar-refractivity contribution is 0.0600. The van der Waals surface area contributed by atoms with Crippen LogP contribution in [0.5, 0.6) is 0 Å². The summed E-state index contributed by atoms with van der Waals surface area (Å²) in [5, 5.41) is 14.9. The van der Waals surface area contributed by atoms with Crippen molar-refractivity contribution in [3.05, 3.63) is 95.2 Å². The summed E-state index contributed by atoms with van der Waals surface area (Å²) < 4.78 is 4.74. The molecule has 3 N–H and O–H groups in total. The maximum atomic E-state index is 12.6. The van der Waals surface area contributed by atoms with Crippen molar-refractivity contribution in [2.24, 2.45) is 0 Å². The maximum Gasteiger partial charge on any atom is 0.337 e. The molecular formula is C29H31N5O3. The molecule has 1 atom stereocenters. The van der Waals surface area contributed by atoms with Gasteiger partial charge in [-0.15, -0.1) is 0 Å². The van der Waals surface area contributed by atoms with Crippen LogP contribution in [-0.2, 0) is 17.8 Å². The molecular weight excluding hydrogens is 466 g/mol. The summed E-state index contributed by atoms with van der Waals surface area (Å²) in [6.45, 7) is 3.31. The first kappa shape index (κ1) is 24.5. The number of nitrogens with one attached hydrogen (secondary N) is 3. The summed E-state index contributed by atoms with van der Waals surface area (Å²) in [4.78, 5) is 26.9. The van der Waals surface area contributed by atoms with Gasteiger partial charge in [0, 0.05) is 42.3 Å². The lowest BCUT2D eigenvalue weighted by Crippen LogP contribution is -2.41. The predicted octanol–water partition coefficient (Wildman–Crippen LogP) is 4.36. The van der Waals surface area contributed by atoms with E-state index in [2.05, 4.69) is 56.1 Å². The average molecular weight is 498 g/mol. The summed E-state index contributed by atoms with van der Waals surface area (Å²) >= 11 is 0. The molecule has 1 aromatic heterocycles. The van der Waals surface area contributed by atoms with E-state index in [1.54, 1.807) is 24.3 Å². The summed E-state index contributed by atoms with van der Waals surface area (Å²) in [7, 11) is 1.32. The van der Waals surface area contributed by atoms with Gasteiger partial charge in [0.1, 0.15) is 0 Å². The van der Waals surface area contributed by atoms with Crippen LogP contribution in [-0.4, -0.2) is 53.2 Å². The zero-order valence-corrected chi connectivity index (χ0v) is 20.9. The smallest absolute Gasteiger partial charge is 0.337 e. The number of rotatable bonds is 8. The number of esters is 1. The molecule has 8 nitrogen and oxygen atoms in total. The van der Waals surface area contributed by atoms with Crippen molar-refractivity contribution in [1.29, 1.82) is 0 Å². The number of H-pyrrole nitrogens is 1. The van der Waals surface area contributed by atoms with E-state index in [9.17, 15) is 9.59 Å². The number of amides is 1. The topological polar surface area (TPSA) is 99.4 Å². The molecule has 0 radical (unpaired) electrons. The van der Waals surface area contributed by atoms with Crippen molar-refractivity contribution >= 4 is 28.5 Å². The molecule has 2 heterocycles. The number of nitrogens with zero attached hydrogens (tertiary/aromatic N) is 2. The molecule has 0 saturated carbocycles. The number of carbonyl (C=O) groups excluding carboxylic acids is 2. The molecule has 0 spiro atoms. The van der Waals surface area contributed by atoms with Crippen LogP contribution in [0, 0.1) is 0 Å². The predicted molar refractivity (Wildman–Crippen MR) is 143 cm³/mol. The number of aromatic amines is 1. The molecule has 1 aliphatic heterocycles. The van der Waals surface area contributed by atoms with Crippen molar-refractivity contribution < 1.29 is 14.3 Å². The Hall–Kier alpha value is -4.17. The molecule has 3 aromatic carbocycles. The van der Waals surface area contributed by atoms with Crippen molar-refractivity contribution in [3.8, 4) is 0 Å². The van der Waals surface area contributed by atoms with Crippen molar-refractivity contribution in [2.75, 3.05) is 25.5 Å². The van der Waals surface area contributed by atoms with Gasteiger partial charge in [-0.1, -0.05) is 30.3 Å². The largest absolute Gasteiger partial charge is 0.465 e. The Bertz CT molecular complexity index is 1400. The minimum absolute atomic E-state index is 0.227. The number of hydrogen-bond acceptors (Lipinski definition) is 6. The normalized spacial score (nSPS) is 15.9. The number of piperidine rings is 1. The second-order valence-electron chi connectivity index (χ2n) is 9.47. The fraction of sp³-hybridized carbons (Fsp3) is 0.276. The Kier molecular flexibility index (Phi) is 7.46. The van der Waals surface area contributed by atoms with E-state index in [-0.39, 0.29) is 5.91 Å². The highest BCUT2D eigenvalue weighted by molar-refractivity contribution is 5.97. The summed E-state index contributed by atoms with van der Waals surface area (Å²) in [6.07, 6.45) is 4.14. The molecule has 5 rings (SSSR count). The van der Waals surface area contributed by atoms with Gasteiger partial charge < -0.3 is 15.4 Å². The van der Waals surface area contributed by atoms with Crippen LogP contribution in [0.15, 0.2) is 72.9 Å². The third-order valence-electron chi connectivity index (χ3n) is 6.71. The quantitative estimate of drug-likeness (QED) is 0.313. The van der Waals surface area contributed by atoms with E-state index in [0.29, 0.717) is 23.7 Å². The number of likely N-dealkylation sites (tertiary alicyclic amines) is 1. The van der Waals surface area contributed by atoms with Gasteiger partial charge in [-0.05, 0) is 66.9 Å². The molecule has 1 aliphatic rings. The lowest BCUT2D eigenvalue weighted by Gasteiger charge is -2.33. The first-order valence-corrected chi connectivity index (χ1v) is 12.5. The number of anilines is 1. The van der Waals surface area contributed by atoms with Crippen LogP contribution >= 0.6 is 0 Å². The van der Waals surface area contributed by atoms with Crippen LogP contribution in [0.2, 0.25) is 0 Å². The second-order valence-corrected chi connectivity index (χ2v) is 9.47. The van der Waals surface area contributed by atoms with Gasteiger partial charge >= 0.3 is 5.97 Å². The second kappa shape index (κ2) is 11.3. The van der Waals surface area contributed by atoms with Gasteiger partial charge in [-0.3, -0.25) is 14.8 Å². The van der Waals surface area contributed by atoms with Crippen LogP contribution in [0.4, 0.5) is 5.69 Å². The van der Waals surface area contributed by atoms with Crippen molar-refractivity contribution in [3.63, 3.8) is 0 Å². The van der Waals surface area contributed by atoms with Crippen LogP contribution in [0.3, 0.4) is 0 Å². The monoisotopic (exact) mass is 497 g/mol. The Balaban J connectivity index is 1.16. The summed E-state index contributed by atoms with van der Waals surface area (Å²) in [5.41, 5.74) is 5.21. The average Bonchev–Trinajstić information content (AvgIpc) is 3.40. The standard InChI is InChI=1S/C29H31N5O3/c1-37-29(36)23-8-3-7-22(14-23)28(35)30-16-20-5-2-6-21(13-20)18-34-12-4-9-26(19-34)32-25-10-11-27-24(15-25)17-31-33-27/h2-3,5-8,10-11,13-15,17,26,32H,4,9,12,16,18-19H2,1H3,(H,30,35)(H,31,33). The number of ether oxygens (including phenoxy) is 1. The first-order valence-electron chi connectivity index (χ1n) is 12.5. The number of benzene rings is 3. The van der Waals surface area contributed by atoms with Gasteiger partial charge in [0.05, 0.1) is 24.4 Å². The number of carbonyl (C=O) groups is 2. The molecule has 8 heteroatoms. The Labute approximate surface area is 216 Å². The van der Waals surface area contributed by atoms with Gasteiger partial charge in [0.15, 0.2) is 0 Å². The Morgan fingerprint density at radius 3 is 2.78 bits per heavy atom. The SMILES string of the molecule is COC(=O)c1cccc(C(=O)NCc2cccc(CN3CCCC(Nc4ccc5[nH]ncc5c4)C3)c2)c1. The highest BCUT2D eigenvalue weighted by Gasteiger charge is 2.20. The molecule has 1 fully saturated rings. The number of hydrogen-bond donors (Lipinski definition) is 3. The molecule has 0 bridgehead atoms. The lowest BCUT2D eigenvalue weighted by atomic mass is 10.0. The minimum Gasteiger partial charge on any atom is -0.465 e. The highest BCUT2D eigenvalue weighted by Crippen LogP contribution is 2.21. The van der Waals surface area contributed by atoms with Crippen LogP contribution < -0.4 is 10.6 Å². The van der Waals surface area contributed by atoms with E-state index < -0.39 is 5.97 Å².